The molecule has 4 heterocycles. The fourth-order valence-electron chi connectivity index (χ4n) is 12.5. The number of hydrogen-bond donors (Lipinski definition) is 7. The van der Waals surface area contributed by atoms with Crippen LogP contribution in [0.1, 0.15) is 96.0 Å². The van der Waals surface area contributed by atoms with E-state index in [1.54, 1.807) is 73.7 Å². The number of halogens is 16. The molecule has 9 aromatic carbocycles. The van der Waals surface area contributed by atoms with Gasteiger partial charge in [-0.1, -0.05) is 136 Å². The lowest BCUT2D eigenvalue weighted by molar-refractivity contribution is -0.143. The maximum atomic E-state index is 15.5. The fourth-order valence-corrected chi connectivity index (χ4v) is 16.4. The van der Waals surface area contributed by atoms with Crippen LogP contribution in [0.15, 0.2) is 227 Å². The number of phenolic OH excluding ortho intramolecular Hbond substituents is 2. The van der Waals surface area contributed by atoms with Gasteiger partial charge in [-0.25, -0.2) is 13.6 Å². The molecule has 2 aliphatic carbocycles. The Morgan fingerprint density at radius 1 is 0.680 bits per heavy atom. The molecule has 0 bridgehead atoms. The topological polar surface area (TPSA) is 321 Å². The van der Waals surface area contributed by atoms with Crippen LogP contribution in [0.4, 0.5) is 61.5 Å². The number of aryl methyl sites for hydroxylation is 1. The van der Waals surface area contributed by atoms with Gasteiger partial charge < -0.3 is 20.9 Å². The van der Waals surface area contributed by atoms with Crippen molar-refractivity contribution in [2.75, 3.05) is 6.54 Å². The molecule has 1 atom stereocenters. The highest BCUT2D eigenvalue weighted by molar-refractivity contribution is 9.29. The van der Waals surface area contributed by atoms with Crippen molar-refractivity contribution >= 4 is 159 Å². The van der Waals surface area contributed by atoms with E-state index in [1.807, 2.05) is 43.3 Å². The number of alkyl halides is 13. The molecule has 0 radical (unpaired) electrons. The van der Waals surface area contributed by atoms with E-state index in [4.69, 9.17) is 79.6 Å². The Bertz CT molecular complexity index is 6600. The highest BCUT2D eigenvalue weighted by Crippen LogP contribution is 2.49. The number of aromatic amines is 3. The number of nitrogens with zero attached hydrogens (tertiary/aromatic N) is 12. The number of nitrogens with two attached hydrogens (primary N) is 1. The summed E-state index contributed by atoms with van der Waals surface area (Å²) in [6, 6.07) is 43.6. The number of phenols is 2. The Morgan fingerprint density at radius 2 is 1.28 bits per heavy atom. The van der Waals surface area contributed by atoms with Crippen molar-refractivity contribution in [1.82, 2.24) is 50.8 Å². The minimum atomic E-state index is -4.91. The first-order chi connectivity index (χ1) is 58.6. The smallest absolute Gasteiger partial charge is 0.416 e. The molecule has 15 rings (SSSR count). The summed E-state index contributed by atoms with van der Waals surface area (Å²) in [5, 5.41) is 65.5. The van der Waals surface area contributed by atoms with Gasteiger partial charge in [-0.2, -0.15) is 73.5 Å². The minimum absolute atomic E-state index is 0.0494. The third-order valence-electron chi connectivity index (χ3n) is 18.4. The van der Waals surface area contributed by atoms with Crippen LogP contribution >= 0.6 is 51.4 Å². The predicted molar refractivity (Wildman–Crippen MR) is 468 cm³/mol. The molecule has 12 aromatic rings. The lowest BCUT2D eigenvalue weighted by Crippen LogP contribution is -2.28. The lowest BCUT2D eigenvalue weighted by atomic mass is 9.88. The first-order valence-corrected chi connectivity index (χ1v) is 45.7. The maximum absolute atomic E-state index is 15.5. The Hall–Kier alpha value is -10.8. The second kappa shape index (κ2) is 39.8. The number of nitriles is 1. The average molecular weight is 1980 g/mol. The minimum Gasteiger partial charge on any atom is -0.508 e. The molecule has 0 fully saturated rings. The van der Waals surface area contributed by atoms with Crippen LogP contribution in [0.5, 0.6) is 11.5 Å². The van der Waals surface area contributed by atoms with Crippen LogP contribution in [-0.4, -0.2) is 89.7 Å². The zero-order valence-corrected chi connectivity index (χ0v) is 73.2. The standard InChI is InChI=1S/C18H11BrF6N4S.C17H13N7O.C16H9ClF4O2.C15H11F3N2O2.C13H11FN2.HNS8/c19-13-2-1-10(15(8-13)16-26-28-29-27-16)6-14(30)5-9-3-11(17(20,21)22)7-12(4-9)18(23,24)25;25-16(13-5-7-14(8-6-13)17-20-23-24-21-17)9-11-1-3-12(4-2-11)15-10-18-22-19-15;17-10-2-4-13(22)12(7-10)15(18)11-3-1-9(16(19,20)21)5-8(11)6-14(15)23;1-8-2-4-11-10(6-8)19-14(22)20(11)12-7-9(15(16,17)18)3-5-13(12)21;1-8-10(6-13(16)11(8)7-15)9-4-2-3-5-12(9)14;2-1-8(3,4)9(5,6)7/h1-4,7-8H,5-6H2,(H,26,27,28,29);1-8H,9-10H2,(H,20,21,23,24);1-5,7,22H,6H2;2-7,21H,1H3,(H,19,22);2-5H,6,16H2,1H3;(H,5,6,7)/t;;15-;;;/m..0.../s1. The molecule has 0 unspecified atom stereocenters. The molecule has 7 N–H and O–H groups in total. The monoisotopic (exact) mass is 1980 g/mol. The molecule has 46 heteroatoms. The normalized spacial score (nSPS) is 14.4. The molecule has 0 amide bonds. The van der Waals surface area contributed by atoms with Gasteiger partial charge in [0.1, 0.15) is 29.9 Å². The number of aromatic hydroxyl groups is 2. The number of hydrogen-bond acceptors (Lipinski definition) is 22. The number of aromatic nitrogens is 10. The molecule has 3 aromatic heterocycles. The Balaban J connectivity index is 0.000000161. The number of fused-ring (bicyclic) bond motifs is 2. The van der Waals surface area contributed by atoms with E-state index in [0.717, 1.165) is 90.6 Å². The number of thiocarbonyl (C=S) groups is 1. The zero-order chi connectivity index (χ0) is 91.6. The number of Topliss-reactive ketones (excluding diaryl/α,β-unsaturated/α-hetero) is 2. The number of benzene rings is 9. The van der Waals surface area contributed by atoms with Gasteiger partial charge in [0.25, 0.3) is 0 Å². The van der Waals surface area contributed by atoms with E-state index in [1.165, 1.54) is 12.1 Å². The summed E-state index contributed by atoms with van der Waals surface area (Å²) in [7, 11) is 0. The highest BCUT2D eigenvalue weighted by Gasteiger charge is 2.51. The third-order valence-corrected chi connectivity index (χ3v) is 38.0. The van der Waals surface area contributed by atoms with Crippen LogP contribution in [-0.2, 0) is 130 Å². The van der Waals surface area contributed by atoms with Gasteiger partial charge in [0.2, 0.25) is 17.3 Å². The number of carbonyl (C=O) groups excluding carboxylic acids is 2. The van der Waals surface area contributed by atoms with Gasteiger partial charge >= 0.3 is 30.4 Å². The van der Waals surface area contributed by atoms with E-state index in [0.29, 0.717) is 88.0 Å². The van der Waals surface area contributed by atoms with Gasteiger partial charge in [0.15, 0.2) is 11.6 Å². The van der Waals surface area contributed by atoms with Gasteiger partial charge in [0, 0.05) is 90.8 Å². The Morgan fingerprint density at radius 3 is 1.84 bits per heavy atom. The van der Waals surface area contributed by atoms with E-state index in [2.05, 4.69) is 112 Å². The number of thiol groups is 1. The van der Waals surface area contributed by atoms with Crippen molar-refractivity contribution in [3.8, 4) is 46.0 Å². The second-order valence-electron chi connectivity index (χ2n) is 26.9. The number of nitrogens with one attached hydrogen (secondary N) is 3. The Kier molecular flexibility index (Phi) is 30.7. The molecule has 3 aliphatic rings. The van der Waals surface area contributed by atoms with Crippen LogP contribution < -0.4 is 11.4 Å². The predicted octanol–water partition coefficient (Wildman–Crippen LogP) is 19.3. The first kappa shape index (κ1) is 96.4. The quantitative estimate of drug-likeness (QED) is 0.0165. The van der Waals surface area contributed by atoms with E-state index < -0.39 is 93.6 Å². The van der Waals surface area contributed by atoms with E-state index in [9.17, 15) is 81.7 Å². The molecule has 0 spiro atoms. The van der Waals surface area contributed by atoms with Crippen molar-refractivity contribution in [1.29, 1.82) is 5.26 Å². The highest BCUT2D eigenvalue weighted by atomic mass is 79.9. The number of tetrazole rings is 2. The molecule has 21 nitrogen and oxygen atoms in total. The van der Waals surface area contributed by atoms with Crippen LogP contribution in [0.2, 0.25) is 5.02 Å². The third kappa shape index (κ3) is 23.9. The van der Waals surface area contributed by atoms with Crippen LogP contribution in [0.25, 0.3) is 45.1 Å². The van der Waals surface area contributed by atoms with Gasteiger partial charge in [-0.05, 0) is 216 Å². The number of ketones is 2. The molecule has 125 heavy (non-hydrogen) atoms. The molecule has 1 aliphatic heterocycles. The largest absolute Gasteiger partial charge is 0.508 e. The summed E-state index contributed by atoms with van der Waals surface area (Å²) >= 11 is 41.6. The number of H-pyrrole nitrogens is 3. The summed E-state index contributed by atoms with van der Waals surface area (Å²) in [5.74, 6) is -1.27. The van der Waals surface area contributed by atoms with Crippen molar-refractivity contribution in [3.63, 3.8) is 0 Å². The van der Waals surface area contributed by atoms with Crippen molar-refractivity contribution in [2.45, 2.75) is 76.3 Å². The Labute approximate surface area is 746 Å². The molecule has 0 saturated heterocycles. The van der Waals surface area contributed by atoms with E-state index >= 15 is 4.39 Å². The molecule has 648 valence electrons. The molecule has 0 saturated carbocycles. The summed E-state index contributed by atoms with van der Waals surface area (Å²) in [5.41, 5.74) is 7.18. The van der Waals surface area contributed by atoms with Gasteiger partial charge in [-0.15, -0.1) is 29.3 Å². The number of allylic oxidation sites excluding steroid dienone is 3. The van der Waals surface area contributed by atoms with Crippen molar-refractivity contribution in [3.05, 3.63) is 303 Å². The number of imidazole rings is 1. The van der Waals surface area contributed by atoms with Crippen molar-refractivity contribution in [2.24, 2.45) is 24.9 Å². The van der Waals surface area contributed by atoms with E-state index in [-0.39, 0.29) is 74.2 Å². The average Bonchev–Trinajstić information content (AvgIpc) is 1.59. The fraction of sp³-hybridized carbons (Fsp3) is 0.165. The summed E-state index contributed by atoms with van der Waals surface area (Å²) in [6.07, 6.45) is -20.9. The van der Waals surface area contributed by atoms with Crippen LogP contribution in [0, 0.1) is 24.1 Å². The number of rotatable bonds is 15. The SMILES string of the molecule is CC1=C(c2ccccc2F)CC(N)=C1C#N.Cc1ccc2c(c1)[nH]c(=O)n2-c1cc(C(F)(F)F)ccc1O.FC(F)(F)c1cc(CC(=S)Cc2ccc(Br)cc2-c2nn[nH]n2)cc(C(F)(F)F)c1.O=C(Cc1ccc(C2=NN=NC2)cc1)c1ccc(-c2nn[nH]n2)cc1.O=C1Cc2cc(C(F)(F)F)ccc2[C@]1(F)c1cc(Cl)ccc1O.S=NS(=S)(=S)S(=S)(=S)S. The zero-order valence-electron chi connectivity index (χ0n) is 63.4. The molecular weight excluding hydrogens is 1920 g/mol. The lowest BCUT2D eigenvalue weighted by Gasteiger charge is -2.21. The van der Waals surface area contributed by atoms with Gasteiger partial charge in [-0.3, -0.25) is 14.2 Å². The second-order valence-corrected chi connectivity index (χ2v) is 47.6. The first-order valence-electron chi connectivity index (χ1n) is 35.3. The number of carbonyl (C=O) groups is 2. The molecular formula is C79H56BrClF14N16O5S9. The summed E-state index contributed by atoms with van der Waals surface area (Å²) in [4.78, 5) is 39.5. The summed E-state index contributed by atoms with van der Waals surface area (Å²) < 4.78 is 189. The van der Waals surface area contributed by atoms with Gasteiger partial charge in [0.05, 0.1) is 69.0 Å². The van der Waals surface area contributed by atoms with Crippen LogP contribution in [0.3, 0.4) is 0 Å². The maximum Gasteiger partial charge on any atom is 0.416 e. The van der Waals surface area contributed by atoms with Crippen molar-refractivity contribution < 1.29 is 81.3 Å². The summed E-state index contributed by atoms with van der Waals surface area (Å²) in [6.45, 7) is 4.14.